The molecule has 1 atom stereocenters. The van der Waals surface area contributed by atoms with Crippen LogP contribution in [0.3, 0.4) is 0 Å². The number of hydrogen-bond donors (Lipinski definition) is 1. The van der Waals surface area contributed by atoms with Crippen LogP contribution in [0.5, 0.6) is 0 Å². The second-order valence-corrected chi connectivity index (χ2v) is 8.17. The van der Waals surface area contributed by atoms with Crippen LogP contribution in [-0.4, -0.2) is 40.1 Å². The summed E-state index contributed by atoms with van der Waals surface area (Å²) in [4.78, 5) is 14.1. The van der Waals surface area contributed by atoms with Crippen molar-refractivity contribution in [2.75, 3.05) is 24.6 Å². The summed E-state index contributed by atoms with van der Waals surface area (Å²) in [6, 6.07) is 3.38. The molecule has 3 heterocycles. The highest BCUT2D eigenvalue weighted by Gasteiger charge is 2.33. The zero-order chi connectivity index (χ0) is 16.0. The average molecular weight is 336 g/mol. The lowest BCUT2D eigenvalue weighted by molar-refractivity contribution is -0.117. The third kappa shape index (κ3) is 2.66. The molecule has 0 unspecified atom stereocenters. The van der Waals surface area contributed by atoms with E-state index in [4.69, 9.17) is 4.74 Å². The van der Waals surface area contributed by atoms with Crippen LogP contribution in [0.25, 0.3) is 0 Å². The Balaban J connectivity index is 1.62. The van der Waals surface area contributed by atoms with Crippen molar-refractivity contribution >= 4 is 21.6 Å². The first kappa shape index (κ1) is 15.1. The van der Waals surface area contributed by atoms with Gasteiger partial charge in [-0.1, -0.05) is 0 Å². The molecule has 1 saturated heterocycles. The minimum Gasteiger partial charge on any atom is -0.377 e. The molecular formula is C16H20N2O4S. The maximum Gasteiger partial charge on any atom is 0.240 e. The van der Waals surface area contributed by atoms with Gasteiger partial charge in [-0.2, -0.15) is 0 Å². The van der Waals surface area contributed by atoms with Crippen LogP contribution < -0.4 is 9.62 Å². The molecular weight excluding hydrogens is 316 g/mol. The van der Waals surface area contributed by atoms with Gasteiger partial charge in [0.05, 0.1) is 23.1 Å². The van der Waals surface area contributed by atoms with E-state index in [9.17, 15) is 13.2 Å². The van der Waals surface area contributed by atoms with Gasteiger partial charge in [0, 0.05) is 19.7 Å². The zero-order valence-electron chi connectivity index (χ0n) is 12.9. The summed E-state index contributed by atoms with van der Waals surface area (Å²) in [7, 11) is -3.57. The number of nitrogens with one attached hydrogen (secondary N) is 1. The lowest BCUT2D eigenvalue weighted by Gasteiger charge is -2.26. The Morgan fingerprint density at radius 1 is 1.26 bits per heavy atom. The van der Waals surface area contributed by atoms with Crippen molar-refractivity contribution in [3.05, 3.63) is 23.3 Å². The summed E-state index contributed by atoms with van der Waals surface area (Å²) in [6.07, 6.45) is 3.84. The first-order valence-corrected chi connectivity index (χ1v) is 9.60. The van der Waals surface area contributed by atoms with E-state index in [0.29, 0.717) is 19.6 Å². The van der Waals surface area contributed by atoms with Gasteiger partial charge in [0.2, 0.25) is 15.9 Å². The highest BCUT2D eigenvalue weighted by Crippen LogP contribution is 2.38. The lowest BCUT2D eigenvalue weighted by Crippen LogP contribution is -2.32. The Hall–Kier alpha value is -1.44. The first-order chi connectivity index (χ1) is 11.0. The Morgan fingerprint density at radius 3 is 2.87 bits per heavy atom. The fourth-order valence-electron chi connectivity index (χ4n) is 3.69. The third-order valence-corrected chi connectivity index (χ3v) is 6.22. The summed E-state index contributed by atoms with van der Waals surface area (Å²) >= 11 is 0. The van der Waals surface area contributed by atoms with E-state index in [0.717, 1.165) is 49.0 Å². The minimum atomic E-state index is -3.57. The standard InChI is InChI=1S/C16H20N2O4S/c19-15-9-12-8-14(7-11-3-1-5-18(15)16(11)12)23(20,21)17-10-13-4-2-6-22-13/h7-8,13,17H,1-6,9-10H2/t13-/m1/s1. The number of hydrogen-bond acceptors (Lipinski definition) is 4. The van der Waals surface area contributed by atoms with Crippen molar-refractivity contribution in [3.8, 4) is 0 Å². The van der Waals surface area contributed by atoms with E-state index in [2.05, 4.69) is 4.72 Å². The Kier molecular flexibility index (Phi) is 3.66. The van der Waals surface area contributed by atoms with Gasteiger partial charge in [-0.05, 0) is 48.9 Å². The van der Waals surface area contributed by atoms with Gasteiger partial charge in [0.15, 0.2) is 0 Å². The smallest absolute Gasteiger partial charge is 0.240 e. The van der Waals surface area contributed by atoms with Gasteiger partial charge in [-0.15, -0.1) is 0 Å². The van der Waals surface area contributed by atoms with Crippen molar-refractivity contribution in [2.24, 2.45) is 0 Å². The number of rotatable bonds is 4. The first-order valence-electron chi connectivity index (χ1n) is 8.12. The predicted octanol–water partition coefficient (Wildman–Crippen LogP) is 0.979. The van der Waals surface area contributed by atoms with Crippen LogP contribution in [0, 0.1) is 0 Å². The largest absolute Gasteiger partial charge is 0.377 e. The van der Waals surface area contributed by atoms with Gasteiger partial charge >= 0.3 is 0 Å². The molecule has 1 N–H and O–H groups in total. The second-order valence-electron chi connectivity index (χ2n) is 6.40. The summed E-state index contributed by atoms with van der Waals surface area (Å²) in [6.45, 7) is 1.75. The number of ether oxygens (including phenoxy) is 1. The topological polar surface area (TPSA) is 75.7 Å². The van der Waals surface area contributed by atoms with Crippen LogP contribution in [-0.2, 0) is 32.4 Å². The van der Waals surface area contributed by atoms with Gasteiger partial charge in [-0.25, -0.2) is 13.1 Å². The Morgan fingerprint density at radius 2 is 2.09 bits per heavy atom. The SMILES string of the molecule is O=C1Cc2cc(S(=O)(=O)NC[C@H]3CCCO3)cc3c2N1CCC3. The number of benzene rings is 1. The maximum atomic E-state index is 12.6. The van der Waals surface area contributed by atoms with E-state index >= 15 is 0 Å². The third-order valence-electron chi connectivity index (χ3n) is 4.82. The molecule has 6 nitrogen and oxygen atoms in total. The number of aryl methyl sites for hydroxylation is 1. The van der Waals surface area contributed by atoms with Crippen LogP contribution in [0.1, 0.15) is 30.4 Å². The van der Waals surface area contributed by atoms with Crippen LogP contribution in [0.2, 0.25) is 0 Å². The van der Waals surface area contributed by atoms with Gasteiger partial charge in [-0.3, -0.25) is 4.79 Å². The monoisotopic (exact) mass is 336 g/mol. The van der Waals surface area contributed by atoms with Crippen molar-refractivity contribution in [3.63, 3.8) is 0 Å². The molecule has 0 saturated carbocycles. The molecule has 0 radical (unpaired) electrons. The molecule has 3 aliphatic rings. The number of amides is 1. The number of sulfonamides is 1. The maximum absolute atomic E-state index is 12.6. The molecule has 23 heavy (non-hydrogen) atoms. The molecule has 4 rings (SSSR count). The van der Waals surface area contributed by atoms with Crippen molar-refractivity contribution in [1.29, 1.82) is 0 Å². The molecule has 7 heteroatoms. The summed E-state index contributed by atoms with van der Waals surface area (Å²) in [5.74, 6) is 0.0720. The predicted molar refractivity (Wildman–Crippen MR) is 85.0 cm³/mol. The van der Waals surface area contributed by atoms with E-state index in [1.54, 1.807) is 17.0 Å². The molecule has 0 aliphatic carbocycles. The minimum absolute atomic E-state index is 0.0328. The van der Waals surface area contributed by atoms with Crippen LogP contribution in [0.4, 0.5) is 5.69 Å². The normalized spacial score (nSPS) is 23.4. The summed E-state index contributed by atoms with van der Waals surface area (Å²) < 4.78 is 33.3. The highest BCUT2D eigenvalue weighted by atomic mass is 32.2. The molecule has 124 valence electrons. The van der Waals surface area contributed by atoms with Crippen molar-refractivity contribution < 1.29 is 17.9 Å². The van der Waals surface area contributed by atoms with Crippen LogP contribution >= 0.6 is 0 Å². The van der Waals surface area contributed by atoms with Crippen molar-refractivity contribution in [2.45, 2.75) is 43.1 Å². The molecule has 1 aromatic carbocycles. The Bertz CT molecular complexity index is 754. The fourth-order valence-corrected chi connectivity index (χ4v) is 4.86. The quantitative estimate of drug-likeness (QED) is 0.889. The van der Waals surface area contributed by atoms with Crippen molar-refractivity contribution in [1.82, 2.24) is 4.72 Å². The van der Waals surface area contributed by atoms with E-state index < -0.39 is 10.0 Å². The lowest BCUT2D eigenvalue weighted by atomic mass is 10.0. The number of carbonyl (C=O) groups is 1. The van der Waals surface area contributed by atoms with E-state index in [1.165, 1.54) is 0 Å². The molecule has 3 aliphatic heterocycles. The second kappa shape index (κ2) is 5.58. The zero-order valence-corrected chi connectivity index (χ0v) is 13.7. The molecule has 1 aromatic rings. The Labute approximate surface area is 135 Å². The van der Waals surface area contributed by atoms with Crippen LogP contribution in [0.15, 0.2) is 17.0 Å². The van der Waals surface area contributed by atoms with Gasteiger partial charge in [0.25, 0.3) is 0 Å². The summed E-state index contributed by atoms with van der Waals surface area (Å²) in [5, 5.41) is 0. The van der Waals surface area contributed by atoms with E-state index in [1.807, 2.05) is 0 Å². The molecule has 0 spiro atoms. The molecule has 0 aromatic heterocycles. The number of carbonyl (C=O) groups excluding carboxylic acids is 1. The average Bonchev–Trinajstić information content (AvgIpc) is 3.15. The summed E-state index contributed by atoms with van der Waals surface area (Å²) in [5.41, 5.74) is 2.75. The fraction of sp³-hybridized carbons (Fsp3) is 0.562. The molecule has 1 amide bonds. The van der Waals surface area contributed by atoms with Gasteiger partial charge < -0.3 is 9.64 Å². The number of nitrogens with zero attached hydrogens (tertiary/aromatic N) is 1. The van der Waals surface area contributed by atoms with Gasteiger partial charge in [0.1, 0.15) is 0 Å². The molecule has 0 bridgehead atoms. The highest BCUT2D eigenvalue weighted by molar-refractivity contribution is 7.89. The van der Waals surface area contributed by atoms with E-state index in [-0.39, 0.29) is 16.9 Å². The molecule has 1 fully saturated rings. The number of anilines is 1.